The Balaban J connectivity index is 1.68. The molecule has 0 fully saturated rings. The van der Waals surface area contributed by atoms with Crippen LogP contribution in [0.4, 0.5) is 0 Å². The Morgan fingerprint density at radius 1 is 1.27 bits per heavy atom. The van der Waals surface area contributed by atoms with Crippen molar-refractivity contribution in [3.8, 4) is 5.75 Å². The summed E-state index contributed by atoms with van der Waals surface area (Å²) in [6.45, 7) is 5.78. The zero-order valence-electron chi connectivity index (χ0n) is 18.4. The van der Waals surface area contributed by atoms with Crippen LogP contribution >= 0.6 is 22.7 Å². The zero-order valence-corrected chi connectivity index (χ0v) is 20.0. The van der Waals surface area contributed by atoms with Gasteiger partial charge in [0.15, 0.2) is 4.80 Å². The first-order valence-corrected chi connectivity index (χ1v) is 12.4. The van der Waals surface area contributed by atoms with Gasteiger partial charge in [-0.2, -0.15) is 0 Å². The topological polar surface area (TPSA) is 69.9 Å². The molecule has 0 radical (unpaired) electrons. The number of para-hydroxylation sites is 1. The van der Waals surface area contributed by atoms with Crippen LogP contribution in [0.3, 0.4) is 0 Å². The van der Waals surface area contributed by atoms with Crippen molar-refractivity contribution in [1.29, 1.82) is 0 Å². The van der Waals surface area contributed by atoms with Crippen molar-refractivity contribution in [3.05, 3.63) is 88.7 Å². The summed E-state index contributed by atoms with van der Waals surface area (Å²) in [6.07, 6.45) is 3.73. The Hall–Kier alpha value is -3.23. The fourth-order valence-corrected chi connectivity index (χ4v) is 5.95. The zero-order chi connectivity index (χ0) is 23.1. The molecule has 33 heavy (non-hydrogen) atoms. The summed E-state index contributed by atoms with van der Waals surface area (Å²) in [4.78, 5) is 32.5. The van der Waals surface area contributed by atoms with Gasteiger partial charge in [-0.05, 0) is 56.0 Å². The molecule has 2 aliphatic heterocycles. The smallest absolute Gasteiger partial charge is 0.338 e. The lowest BCUT2D eigenvalue weighted by Gasteiger charge is -2.23. The second kappa shape index (κ2) is 8.61. The van der Waals surface area contributed by atoms with Gasteiger partial charge in [0.2, 0.25) is 0 Å². The highest BCUT2D eigenvalue weighted by atomic mass is 32.1. The minimum atomic E-state index is -0.558. The summed E-state index contributed by atoms with van der Waals surface area (Å²) in [6, 6.07) is 11.1. The predicted octanol–water partition coefficient (Wildman–Crippen LogP) is 3.68. The molecule has 8 heteroatoms. The summed E-state index contributed by atoms with van der Waals surface area (Å²) in [7, 11) is 0. The van der Waals surface area contributed by atoms with E-state index in [1.165, 1.54) is 22.7 Å². The molecule has 1 aromatic carbocycles. The first kappa shape index (κ1) is 21.6. The SMILES string of the molecule is CCOC(=O)C1=C(C)N=c2s/c(=C/C3=Cc4ccccc4O[C@@H]3C)c(=O)n2[C@H]1c1cccs1. The standard InChI is InChI=1S/C25H22N2O4S2/c1-4-30-24(29)21-14(2)26-25-27(22(21)19-10-7-11-32-19)23(28)20(33-25)13-17-12-16-8-5-6-9-18(16)31-15(17)3/h5-13,15,22H,4H2,1-3H3/b20-13+/t15-,22+/m1/s1. The van der Waals surface area contributed by atoms with Crippen molar-refractivity contribution in [3.63, 3.8) is 0 Å². The number of hydrogen-bond donors (Lipinski definition) is 0. The minimum Gasteiger partial charge on any atom is -0.485 e. The molecule has 6 nitrogen and oxygen atoms in total. The van der Waals surface area contributed by atoms with E-state index in [1.807, 2.05) is 60.9 Å². The number of benzene rings is 1. The maximum atomic E-state index is 13.6. The minimum absolute atomic E-state index is 0.182. The van der Waals surface area contributed by atoms with Crippen molar-refractivity contribution in [2.75, 3.05) is 6.61 Å². The lowest BCUT2D eigenvalue weighted by Crippen LogP contribution is -2.39. The lowest BCUT2D eigenvalue weighted by molar-refractivity contribution is -0.139. The molecule has 0 saturated carbocycles. The molecule has 4 heterocycles. The van der Waals surface area contributed by atoms with Crippen molar-refractivity contribution >= 4 is 40.8 Å². The highest BCUT2D eigenvalue weighted by molar-refractivity contribution is 7.10. The van der Waals surface area contributed by atoms with Gasteiger partial charge in [0.1, 0.15) is 17.9 Å². The number of thiazole rings is 1. The average Bonchev–Trinajstić information content (AvgIpc) is 3.42. The first-order chi connectivity index (χ1) is 16.0. The van der Waals surface area contributed by atoms with E-state index in [4.69, 9.17) is 9.47 Å². The van der Waals surface area contributed by atoms with Crippen molar-refractivity contribution < 1.29 is 14.3 Å². The van der Waals surface area contributed by atoms with Gasteiger partial charge in [0.05, 0.1) is 22.4 Å². The Morgan fingerprint density at radius 3 is 2.85 bits per heavy atom. The number of hydrogen-bond acceptors (Lipinski definition) is 7. The van der Waals surface area contributed by atoms with Gasteiger partial charge in [0.25, 0.3) is 5.56 Å². The fourth-order valence-electron chi connectivity index (χ4n) is 4.08. The summed E-state index contributed by atoms with van der Waals surface area (Å²) < 4.78 is 13.5. The number of carbonyl (C=O) groups is 1. The first-order valence-electron chi connectivity index (χ1n) is 10.7. The van der Waals surface area contributed by atoms with Crippen LogP contribution in [-0.4, -0.2) is 23.2 Å². The number of rotatable bonds is 4. The summed E-state index contributed by atoms with van der Waals surface area (Å²) >= 11 is 2.82. The van der Waals surface area contributed by atoms with E-state index in [0.717, 1.165) is 21.8 Å². The quantitative estimate of drug-likeness (QED) is 0.537. The van der Waals surface area contributed by atoms with E-state index in [1.54, 1.807) is 18.4 Å². The van der Waals surface area contributed by atoms with Gasteiger partial charge in [0, 0.05) is 10.4 Å². The number of aromatic nitrogens is 1. The molecule has 0 N–H and O–H groups in total. The second-order valence-corrected chi connectivity index (χ2v) is 9.75. The Kier molecular flexibility index (Phi) is 5.64. The molecule has 5 rings (SSSR count). The molecule has 2 aromatic heterocycles. The molecule has 0 unspecified atom stereocenters. The number of nitrogens with zero attached hydrogens (tertiary/aromatic N) is 2. The van der Waals surface area contributed by atoms with Crippen LogP contribution in [0, 0.1) is 0 Å². The van der Waals surface area contributed by atoms with Crippen LogP contribution < -0.4 is 19.6 Å². The number of ether oxygens (including phenoxy) is 2. The van der Waals surface area contributed by atoms with Crippen LogP contribution in [0.2, 0.25) is 0 Å². The molecule has 0 amide bonds. The molecular formula is C25H22N2O4S2. The monoisotopic (exact) mass is 478 g/mol. The summed E-state index contributed by atoms with van der Waals surface area (Å²) in [5, 5.41) is 1.94. The molecule has 2 aliphatic rings. The van der Waals surface area contributed by atoms with Crippen molar-refractivity contribution in [2.24, 2.45) is 4.99 Å². The summed E-state index contributed by atoms with van der Waals surface area (Å²) in [5.74, 6) is 0.385. The third-order valence-corrected chi connectivity index (χ3v) is 7.55. The third-order valence-electron chi connectivity index (χ3n) is 5.64. The maximum Gasteiger partial charge on any atom is 0.338 e. The molecule has 0 aliphatic carbocycles. The normalized spacial score (nSPS) is 19.8. The number of fused-ring (bicyclic) bond motifs is 2. The van der Waals surface area contributed by atoms with Crippen molar-refractivity contribution in [2.45, 2.75) is 32.9 Å². The highest BCUT2D eigenvalue weighted by Crippen LogP contribution is 2.33. The van der Waals surface area contributed by atoms with Gasteiger partial charge >= 0.3 is 5.97 Å². The molecule has 0 saturated heterocycles. The average molecular weight is 479 g/mol. The van der Waals surface area contributed by atoms with Gasteiger partial charge in [-0.15, -0.1) is 11.3 Å². The molecule has 168 valence electrons. The van der Waals surface area contributed by atoms with E-state index < -0.39 is 12.0 Å². The lowest BCUT2D eigenvalue weighted by atomic mass is 10.0. The maximum absolute atomic E-state index is 13.6. The number of carbonyl (C=O) groups excluding carboxylic acids is 1. The second-order valence-electron chi connectivity index (χ2n) is 7.76. The van der Waals surface area contributed by atoms with Crippen LogP contribution in [0.1, 0.15) is 37.3 Å². The Labute approximate surface area is 198 Å². The molecule has 2 atom stereocenters. The van der Waals surface area contributed by atoms with Crippen LogP contribution in [-0.2, 0) is 9.53 Å². The van der Waals surface area contributed by atoms with Crippen LogP contribution in [0.5, 0.6) is 5.75 Å². The van der Waals surface area contributed by atoms with Gasteiger partial charge in [-0.3, -0.25) is 9.36 Å². The molecule has 3 aromatic rings. The largest absolute Gasteiger partial charge is 0.485 e. The third kappa shape index (κ3) is 3.79. The number of esters is 1. The van der Waals surface area contributed by atoms with E-state index in [2.05, 4.69) is 4.99 Å². The molecular weight excluding hydrogens is 456 g/mol. The van der Waals surface area contributed by atoms with Gasteiger partial charge in [-0.25, -0.2) is 9.79 Å². The predicted molar refractivity (Wildman–Crippen MR) is 130 cm³/mol. The number of thiophene rings is 1. The van der Waals surface area contributed by atoms with E-state index in [9.17, 15) is 9.59 Å². The van der Waals surface area contributed by atoms with Crippen LogP contribution in [0.15, 0.2) is 68.4 Å². The van der Waals surface area contributed by atoms with E-state index in [0.29, 0.717) is 20.6 Å². The number of allylic oxidation sites excluding steroid dienone is 1. The van der Waals surface area contributed by atoms with Crippen molar-refractivity contribution in [1.82, 2.24) is 4.57 Å². The Morgan fingerprint density at radius 2 is 2.09 bits per heavy atom. The van der Waals surface area contributed by atoms with E-state index >= 15 is 0 Å². The molecule has 0 spiro atoms. The fraction of sp³-hybridized carbons (Fsp3) is 0.240. The van der Waals surface area contributed by atoms with E-state index in [-0.39, 0.29) is 18.3 Å². The molecule has 0 bridgehead atoms. The van der Waals surface area contributed by atoms with Gasteiger partial charge in [-0.1, -0.05) is 35.6 Å². The Bertz CT molecular complexity index is 1480. The summed E-state index contributed by atoms with van der Waals surface area (Å²) in [5.41, 5.74) is 2.68. The van der Waals surface area contributed by atoms with Crippen LogP contribution in [0.25, 0.3) is 12.2 Å². The van der Waals surface area contributed by atoms with Gasteiger partial charge < -0.3 is 9.47 Å². The highest BCUT2D eigenvalue weighted by Gasteiger charge is 2.34.